The third kappa shape index (κ3) is 2.42. The molecular formula is C13H22N4O. The second-order valence-electron chi connectivity index (χ2n) is 5.53. The molecule has 0 unspecified atom stereocenters. The number of likely N-dealkylation sites (tertiary alicyclic amines) is 1. The number of nitrogens with zero attached hydrogens (tertiary/aromatic N) is 3. The summed E-state index contributed by atoms with van der Waals surface area (Å²) < 4.78 is 5.08. The topological polar surface area (TPSA) is 68.2 Å². The van der Waals surface area contributed by atoms with Gasteiger partial charge in [0.1, 0.15) is 0 Å². The summed E-state index contributed by atoms with van der Waals surface area (Å²) in [6.45, 7) is 2.33. The average molecular weight is 250 g/mol. The van der Waals surface area contributed by atoms with Gasteiger partial charge in [-0.15, -0.1) is 0 Å². The fraction of sp³-hybridized carbons (Fsp3) is 0.846. The van der Waals surface area contributed by atoms with Gasteiger partial charge in [-0.3, -0.25) is 4.90 Å². The molecule has 2 N–H and O–H groups in total. The van der Waals surface area contributed by atoms with Crippen LogP contribution >= 0.6 is 0 Å². The fourth-order valence-corrected chi connectivity index (χ4v) is 3.54. The second kappa shape index (κ2) is 5.36. The number of rotatable bonds is 3. The Labute approximate surface area is 108 Å². The molecule has 1 aromatic rings. The van der Waals surface area contributed by atoms with Gasteiger partial charge in [0.2, 0.25) is 5.89 Å². The maximum atomic E-state index is 5.49. The zero-order valence-corrected chi connectivity index (χ0v) is 10.8. The fourth-order valence-electron chi connectivity index (χ4n) is 3.54. The van der Waals surface area contributed by atoms with Crippen molar-refractivity contribution in [3.05, 3.63) is 11.7 Å². The van der Waals surface area contributed by atoms with Crippen LogP contribution in [-0.2, 0) is 13.1 Å². The monoisotopic (exact) mass is 250 g/mol. The Morgan fingerprint density at radius 3 is 2.89 bits per heavy atom. The van der Waals surface area contributed by atoms with E-state index in [4.69, 9.17) is 10.3 Å². The SMILES string of the molecule is NCc1nc(CN2CCC[C@H]3CCCC[C@H]32)no1. The molecule has 2 fully saturated rings. The van der Waals surface area contributed by atoms with Crippen LogP contribution < -0.4 is 5.73 Å². The van der Waals surface area contributed by atoms with Crippen molar-refractivity contribution in [3.63, 3.8) is 0 Å². The minimum absolute atomic E-state index is 0.332. The van der Waals surface area contributed by atoms with Gasteiger partial charge in [-0.25, -0.2) is 0 Å². The predicted octanol–water partition coefficient (Wildman–Crippen LogP) is 1.68. The van der Waals surface area contributed by atoms with Crippen molar-refractivity contribution in [3.8, 4) is 0 Å². The van der Waals surface area contributed by atoms with Gasteiger partial charge >= 0.3 is 0 Å². The van der Waals surface area contributed by atoms with E-state index in [9.17, 15) is 0 Å². The average Bonchev–Trinajstić information content (AvgIpc) is 2.87. The molecule has 1 aliphatic carbocycles. The van der Waals surface area contributed by atoms with E-state index in [2.05, 4.69) is 15.0 Å². The third-order valence-electron chi connectivity index (χ3n) is 4.39. The zero-order chi connectivity index (χ0) is 12.4. The van der Waals surface area contributed by atoms with Crippen LogP contribution in [0.4, 0.5) is 0 Å². The molecular weight excluding hydrogens is 228 g/mol. The molecule has 0 spiro atoms. The van der Waals surface area contributed by atoms with Crippen molar-refractivity contribution in [2.24, 2.45) is 11.7 Å². The summed E-state index contributed by atoms with van der Waals surface area (Å²) in [6.07, 6.45) is 8.24. The Balaban J connectivity index is 1.66. The summed E-state index contributed by atoms with van der Waals surface area (Å²) in [5.41, 5.74) is 5.49. The van der Waals surface area contributed by atoms with Gasteiger partial charge in [-0.05, 0) is 38.1 Å². The van der Waals surface area contributed by atoms with Crippen LogP contribution in [0.25, 0.3) is 0 Å². The van der Waals surface area contributed by atoms with E-state index in [1.807, 2.05) is 0 Å². The first-order valence-electron chi connectivity index (χ1n) is 7.12. The van der Waals surface area contributed by atoms with Gasteiger partial charge in [-0.2, -0.15) is 4.98 Å². The lowest BCUT2D eigenvalue weighted by molar-refractivity contribution is 0.0521. The van der Waals surface area contributed by atoms with Crippen molar-refractivity contribution in [1.29, 1.82) is 0 Å². The molecule has 0 aromatic carbocycles. The molecule has 0 radical (unpaired) electrons. The summed E-state index contributed by atoms with van der Waals surface area (Å²) in [4.78, 5) is 6.87. The van der Waals surface area contributed by atoms with Crippen LogP contribution in [0, 0.1) is 5.92 Å². The maximum Gasteiger partial charge on any atom is 0.240 e. The summed E-state index contributed by atoms with van der Waals surface area (Å²) >= 11 is 0. The van der Waals surface area contributed by atoms with Crippen LogP contribution in [0.2, 0.25) is 0 Å². The van der Waals surface area contributed by atoms with E-state index in [0.29, 0.717) is 12.4 Å². The second-order valence-corrected chi connectivity index (χ2v) is 5.53. The van der Waals surface area contributed by atoms with Crippen LogP contribution in [0.15, 0.2) is 4.52 Å². The molecule has 18 heavy (non-hydrogen) atoms. The number of hydrogen-bond acceptors (Lipinski definition) is 5. The first-order valence-corrected chi connectivity index (χ1v) is 7.12. The van der Waals surface area contributed by atoms with Gasteiger partial charge in [0.25, 0.3) is 0 Å². The molecule has 0 amide bonds. The molecule has 5 nitrogen and oxygen atoms in total. The lowest BCUT2D eigenvalue weighted by atomic mass is 9.78. The quantitative estimate of drug-likeness (QED) is 0.884. The Kier molecular flexibility index (Phi) is 3.61. The molecule has 100 valence electrons. The molecule has 5 heteroatoms. The normalized spacial score (nSPS) is 29.2. The first-order chi connectivity index (χ1) is 8.86. The van der Waals surface area contributed by atoms with E-state index in [0.717, 1.165) is 24.3 Å². The number of nitrogens with two attached hydrogens (primary N) is 1. The van der Waals surface area contributed by atoms with Crippen LogP contribution in [0.5, 0.6) is 0 Å². The van der Waals surface area contributed by atoms with Crippen molar-refractivity contribution in [2.45, 2.75) is 57.7 Å². The lowest BCUT2D eigenvalue weighted by Crippen LogP contribution is -2.46. The largest absolute Gasteiger partial charge is 0.338 e. The summed E-state index contributed by atoms with van der Waals surface area (Å²) in [6, 6.07) is 0.743. The number of piperidine rings is 1. The highest BCUT2D eigenvalue weighted by Crippen LogP contribution is 2.35. The molecule has 1 saturated heterocycles. The Morgan fingerprint density at radius 1 is 1.22 bits per heavy atom. The van der Waals surface area contributed by atoms with Crippen LogP contribution in [0.1, 0.15) is 50.2 Å². The lowest BCUT2D eigenvalue weighted by Gasteiger charge is -2.43. The van der Waals surface area contributed by atoms with Gasteiger partial charge in [0.05, 0.1) is 13.1 Å². The zero-order valence-electron chi connectivity index (χ0n) is 10.8. The van der Waals surface area contributed by atoms with E-state index >= 15 is 0 Å². The number of hydrogen-bond donors (Lipinski definition) is 1. The van der Waals surface area contributed by atoms with Gasteiger partial charge in [0.15, 0.2) is 5.82 Å². The summed E-state index contributed by atoms with van der Waals surface area (Å²) in [7, 11) is 0. The first kappa shape index (κ1) is 12.1. The van der Waals surface area contributed by atoms with Crippen molar-refractivity contribution in [1.82, 2.24) is 15.0 Å². The maximum absolute atomic E-state index is 5.49. The predicted molar refractivity (Wildman–Crippen MR) is 67.6 cm³/mol. The van der Waals surface area contributed by atoms with E-state index in [-0.39, 0.29) is 0 Å². The van der Waals surface area contributed by atoms with Gasteiger partial charge < -0.3 is 10.3 Å². The Morgan fingerprint density at radius 2 is 2.06 bits per heavy atom. The molecule has 3 rings (SSSR count). The number of aromatic nitrogens is 2. The number of fused-ring (bicyclic) bond motifs is 1. The molecule has 1 saturated carbocycles. The molecule has 2 heterocycles. The Bertz CT molecular complexity index is 390. The third-order valence-corrected chi connectivity index (χ3v) is 4.39. The van der Waals surface area contributed by atoms with Crippen LogP contribution in [-0.4, -0.2) is 27.6 Å². The molecule has 1 aliphatic heterocycles. The van der Waals surface area contributed by atoms with E-state index in [1.165, 1.54) is 45.1 Å². The van der Waals surface area contributed by atoms with Gasteiger partial charge in [-0.1, -0.05) is 18.0 Å². The summed E-state index contributed by atoms with van der Waals surface area (Å²) in [5, 5.41) is 4.01. The molecule has 1 aromatic heterocycles. The highest BCUT2D eigenvalue weighted by atomic mass is 16.5. The van der Waals surface area contributed by atoms with E-state index in [1.54, 1.807) is 0 Å². The van der Waals surface area contributed by atoms with E-state index < -0.39 is 0 Å². The highest BCUT2D eigenvalue weighted by molar-refractivity contribution is 4.92. The standard InChI is InChI=1S/C13H22N4O/c14-8-13-15-12(16-18-13)9-17-7-3-5-10-4-1-2-6-11(10)17/h10-11H,1-9,14H2/t10-,11-/m1/s1. The van der Waals surface area contributed by atoms with Crippen molar-refractivity contribution in [2.75, 3.05) is 6.54 Å². The smallest absolute Gasteiger partial charge is 0.240 e. The van der Waals surface area contributed by atoms with Crippen molar-refractivity contribution < 1.29 is 4.52 Å². The minimum Gasteiger partial charge on any atom is -0.338 e. The van der Waals surface area contributed by atoms with Crippen LogP contribution in [0.3, 0.4) is 0 Å². The van der Waals surface area contributed by atoms with Crippen molar-refractivity contribution >= 4 is 0 Å². The molecule has 2 atom stereocenters. The molecule has 0 bridgehead atoms. The van der Waals surface area contributed by atoms with Gasteiger partial charge in [0, 0.05) is 6.04 Å². The molecule has 2 aliphatic rings. The Hall–Kier alpha value is -0.940. The minimum atomic E-state index is 0.332. The summed E-state index contributed by atoms with van der Waals surface area (Å²) in [5.74, 6) is 2.23. The highest BCUT2D eigenvalue weighted by Gasteiger charge is 2.33.